The van der Waals surface area contributed by atoms with Crippen LogP contribution in [0, 0.1) is 29.6 Å². The number of benzene rings is 1. The number of aromatic amines is 1. The summed E-state index contributed by atoms with van der Waals surface area (Å²) in [4.78, 5) is 25.9. The Hall–Kier alpha value is -3.58. The van der Waals surface area contributed by atoms with Crippen LogP contribution in [0.15, 0.2) is 23.0 Å². The Kier molecular flexibility index (Phi) is 4.15. The van der Waals surface area contributed by atoms with E-state index in [1.54, 1.807) is 25.1 Å². The molecule has 114 valence electrons. The minimum Gasteiger partial charge on any atom is -0.465 e. The fourth-order valence-electron chi connectivity index (χ4n) is 2.30. The van der Waals surface area contributed by atoms with Crippen LogP contribution in [-0.4, -0.2) is 18.1 Å². The maximum Gasteiger partial charge on any atom is 0.337 e. The standard InChI is InChI=1S/C16H12N4O3/c1-8-3-9(5-10(4-8)16(22)23-2)13-11(6-17)14(19)20-15(21)12(13)7-18/h3-5H,1-2H3,(H3,19,20,21). The topological polar surface area (TPSA) is 133 Å². The number of hydrogen-bond donors (Lipinski definition) is 2. The SMILES string of the molecule is COC(=O)c1cc(C)cc(-c2c(C#N)c(N)[nH]c(=O)c2C#N)c1. The number of carbonyl (C=O) groups excluding carboxylic acids is 1. The van der Waals surface area contributed by atoms with E-state index in [0.717, 1.165) is 0 Å². The number of aryl methyl sites for hydroxylation is 1. The van der Waals surface area contributed by atoms with Crippen LogP contribution >= 0.6 is 0 Å². The monoisotopic (exact) mass is 308 g/mol. The molecule has 3 N–H and O–H groups in total. The van der Waals surface area contributed by atoms with Crippen LogP contribution in [0.4, 0.5) is 5.82 Å². The van der Waals surface area contributed by atoms with Crippen molar-refractivity contribution in [2.75, 3.05) is 12.8 Å². The van der Waals surface area contributed by atoms with Crippen LogP contribution in [0.2, 0.25) is 0 Å². The Labute approximate surface area is 131 Å². The van der Waals surface area contributed by atoms with Crippen molar-refractivity contribution in [3.8, 4) is 23.3 Å². The second-order valence-corrected chi connectivity index (χ2v) is 4.80. The molecule has 0 aliphatic heterocycles. The van der Waals surface area contributed by atoms with E-state index < -0.39 is 11.5 Å². The van der Waals surface area contributed by atoms with Gasteiger partial charge in [-0.15, -0.1) is 0 Å². The Morgan fingerprint density at radius 1 is 1.22 bits per heavy atom. The number of anilines is 1. The van der Waals surface area contributed by atoms with Gasteiger partial charge in [0.25, 0.3) is 5.56 Å². The Morgan fingerprint density at radius 2 is 1.87 bits per heavy atom. The predicted molar refractivity (Wildman–Crippen MR) is 82.4 cm³/mol. The van der Waals surface area contributed by atoms with E-state index in [2.05, 4.69) is 9.72 Å². The van der Waals surface area contributed by atoms with Gasteiger partial charge in [0.2, 0.25) is 0 Å². The molecule has 2 rings (SSSR count). The zero-order chi connectivity index (χ0) is 17.1. The molecule has 0 fully saturated rings. The largest absolute Gasteiger partial charge is 0.465 e. The second-order valence-electron chi connectivity index (χ2n) is 4.80. The number of methoxy groups -OCH3 is 1. The van der Waals surface area contributed by atoms with Crippen LogP contribution < -0.4 is 11.3 Å². The number of pyridine rings is 1. The second kappa shape index (κ2) is 6.04. The van der Waals surface area contributed by atoms with Gasteiger partial charge in [-0.1, -0.05) is 6.07 Å². The Morgan fingerprint density at radius 3 is 2.43 bits per heavy atom. The van der Waals surface area contributed by atoms with Crippen molar-refractivity contribution in [2.45, 2.75) is 6.92 Å². The summed E-state index contributed by atoms with van der Waals surface area (Å²) in [6, 6.07) is 8.37. The number of aromatic nitrogens is 1. The summed E-state index contributed by atoms with van der Waals surface area (Å²) in [6.45, 7) is 1.74. The molecular weight excluding hydrogens is 296 g/mol. The molecule has 0 spiro atoms. The van der Waals surface area contributed by atoms with Gasteiger partial charge >= 0.3 is 5.97 Å². The first-order valence-electron chi connectivity index (χ1n) is 6.49. The van der Waals surface area contributed by atoms with Crippen molar-refractivity contribution in [3.63, 3.8) is 0 Å². The summed E-state index contributed by atoms with van der Waals surface area (Å²) >= 11 is 0. The van der Waals surface area contributed by atoms with Crippen LogP contribution in [0.5, 0.6) is 0 Å². The van der Waals surface area contributed by atoms with Crippen LogP contribution in [0.3, 0.4) is 0 Å². The number of carbonyl (C=O) groups is 1. The van der Waals surface area contributed by atoms with Crippen molar-refractivity contribution in [2.24, 2.45) is 0 Å². The highest BCUT2D eigenvalue weighted by atomic mass is 16.5. The molecule has 1 heterocycles. The molecule has 7 heteroatoms. The average Bonchev–Trinajstić information content (AvgIpc) is 2.52. The van der Waals surface area contributed by atoms with E-state index in [-0.39, 0.29) is 28.1 Å². The minimum atomic E-state index is -0.694. The molecule has 23 heavy (non-hydrogen) atoms. The van der Waals surface area contributed by atoms with Crippen LogP contribution in [-0.2, 0) is 4.74 Å². The third-order valence-corrected chi connectivity index (χ3v) is 3.26. The normalized spacial score (nSPS) is 9.74. The fourth-order valence-corrected chi connectivity index (χ4v) is 2.30. The average molecular weight is 308 g/mol. The molecule has 0 bridgehead atoms. The van der Waals surface area contributed by atoms with Crippen molar-refractivity contribution in [1.82, 2.24) is 4.98 Å². The number of ether oxygens (including phenoxy) is 1. The third kappa shape index (κ3) is 2.76. The number of nitrogens with one attached hydrogen (secondary N) is 1. The summed E-state index contributed by atoms with van der Waals surface area (Å²) < 4.78 is 4.68. The van der Waals surface area contributed by atoms with Gasteiger partial charge in [-0.05, 0) is 30.2 Å². The highest BCUT2D eigenvalue weighted by molar-refractivity contribution is 5.92. The molecule has 2 aromatic rings. The van der Waals surface area contributed by atoms with Crippen LogP contribution in [0.1, 0.15) is 27.0 Å². The summed E-state index contributed by atoms with van der Waals surface area (Å²) in [5.74, 6) is -0.697. The summed E-state index contributed by atoms with van der Waals surface area (Å²) in [5.41, 5.74) is 6.14. The van der Waals surface area contributed by atoms with Gasteiger partial charge in [0.15, 0.2) is 0 Å². The summed E-state index contributed by atoms with van der Waals surface area (Å²) in [7, 11) is 1.25. The summed E-state index contributed by atoms with van der Waals surface area (Å²) in [5, 5.41) is 18.6. The van der Waals surface area contributed by atoms with Crippen molar-refractivity contribution >= 4 is 11.8 Å². The maximum atomic E-state index is 11.9. The van der Waals surface area contributed by atoms with Crippen molar-refractivity contribution in [3.05, 3.63) is 50.8 Å². The lowest BCUT2D eigenvalue weighted by atomic mass is 9.94. The smallest absolute Gasteiger partial charge is 0.337 e. The van der Waals surface area contributed by atoms with Crippen molar-refractivity contribution < 1.29 is 9.53 Å². The molecule has 1 aromatic heterocycles. The molecule has 1 aromatic carbocycles. The molecule has 0 aliphatic carbocycles. The zero-order valence-corrected chi connectivity index (χ0v) is 12.4. The number of H-pyrrole nitrogens is 1. The van der Waals surface area contributed by atoms with Gasteiger partial charge in [0, 0.05) is 5.56 Å². The Balaban J connectivity index is 2.90. The van der Waals surface area contributed by atoms with E-state index in [0.29, 0.717) is 11.1 Å². The highest BCUT2D eigenvalue weighted by Crippen LogP contribution is 2.29. The lowest BCUT2D eigenvalue weighted by Crippen LogP contribution is -2.16. The lowest BCUT2D eigenvalue weighted by Gasteiger charge is -2.11. The molecule has 7 nitrogen and oxygen atoms in total. The van der Waals surface area contributed by atoms with Crippen LogP contribution in [0.25, 0.3) is 11.1 Å². The van der Waals surface area contributed by atoms with E-state index in [1.807, 2.05) is 6.07 Å². The van der Waals surface area contributed by atoms with Crippen molar-refractivity contribution in [1.29, 1.82) is 10.5 Å². The van der Waals surface area contributed by atoms with Gasteiger partial charge in [-0.25, -0.2) is 4.79 Å². The number of nitriles is 2. The number of nitrogens with two attached hydrogens (primary N) is 1. The number of hydrogen-bond acceptors (Lipinski definition) is 6. The first kappa shape index (κ1) is 15.8. The predicted octanol–water partition coefficient (Wildman–Crippen LogP) is 1.46. The first-order valence-corrected chi connectivity index (χ1v) is 6.49. The third-order valence-electron chi connectivity index (χ3n) is 3.26. The molecule has 0 saturated heterocycles. The van der Waals surface area contributed by atoms with Gasteiger partial charge < -0.3 is 15.5 Å². The number of nitrogens with zero attached hydrogens (tertiary/aromatic N) is 2. The minimum absolute atomic E-state index is 0.0254. The lowest BCUT2D eigenvalue weighted by molar-refractivity contribution is 0.0600. The molecule has 0 aliphatic rings. The van der Waals surface area contributed by atoms with Gasteiger partial charge in [-0.2, -0.15) is 10.5 Å². The van der Waals surface area contributed by atoms with E-state index in [4.69, 9.17) is 5.73 Å². The molecule has 0 amide bonds. The number of esters is 1. The molecule has 0 unspecified atom stereocenters. The van der Waals surface area contributed by atoms with E-state index in [1.165, 1.54) is 13.2 Å². The molecule has 0 atom stereocenters. The van der Waals surface area contributed by atoms with E-state index in [9.17, 15) is 20.1 Å². The molecule has 0 radical (unpaired) electrons. The maximum absolute atomic E-state index is 11.9. The molecular formula is C16H12N4O3. The zero-order valence-electron chi connectivity index (χ0n) is 12.4. The number of nitrogen functional groups attached to an aromatic ring is 1. The fraction of sp³-hybridized carbons (Fsp3) is 0.125. The number of rotatable bonds is 2. The highest BCUT2D eigenvalue weighted by Gasteiger charge is 2.19. The summed E-state index contributed by atoms with van der Waals surface area (Å²) in [6.07, 6.45) is 0. The first-order chi connectivity index (χ1) is 10.9. The van der Waals surface area contributed by atoms with Gasteiger partial charge in [0.05, 0.1) is 12.7 Å². The Bertz CT molecular complexity index is 946. The van der Waals surface area contributed by atoms with E-state index >= 15 is 0 Å². The van der Waals surface area contributed by atoms with Gasteiger partial charge in [-0.3, -0.25) is 4.79 Å². The molecule has 0 saturated carbocycles. The quantitative estimate of drug-likeness (QED) is 0.807. The van der Waals surface area contributed by atoms with Gasteiger partial charge in [0.1, 0.15) is 29.1 Å².